The molecule has 0 saturated heterocycles. The molecule has 0 bridgehead atoms. The molecule has 0 fully saturated rings. The third kappa shape index (κ3) is 3.87. The Morgan fingerprint density at radius 2 is 1.74 bits per heavy atom. The lowest BCUT2D eigenvalue weighted by atomic mass is 9.98. The van der Waals surface area contributed by atoms with E-state index in [0.717, 1.165) is 27.2 Å². The number of nitrogens with zero attached hydrogens (tertiary/aromatic N) is 4. The van der Waals surface area contributed by atoms with Gasteiger partial charge in [0.2, 0.25) is 0 Å². The molecule has 0 saturated carbocycles. The molecule has 0 radical (unpaired) electrons. The first kappa shape index (κ1) is 20.5. The third-order valence-corrected chi connectivity index (χ3v) is 5.41. The first-order valence-corrected chi connectivity index (χ1v) is 9.82. The van der Waals surface area contributed by atoms with Gasteiger partial charge in [-0.3, -0.25) is 4.90 Å². The highest BCUT2D eigenvalue weighted by atomic mass is 16.6. The van der Waals surface area contributed by atoms with Gasteiger partial charge in [0.25, 0.3) is 0 Å². The molecule has 3 aromatic rings. The minimum absolute atomic E-state index is 0.0805. The number of fused-ring (bicyclic) bond motifs is 3. The fraction of sp³-hybridized carbons (Fsp3) is 0.273. The van der Waals surface area contributed by atoms with E-state index in [-0.39, 0.29) is 31.4 Å². The SMILES string of the molecule is CN(C(=O)OCC1c2ccccc2-c2ccccc21)C(C(=O)O)c1cn(CCO)nn1. The topological polar surface area (TPSA) is 118 Å². The number of carboxylic acids is 1. The summed E-state index contributed by atoms with van der Waals surface area (Å²) in [6.07, 6.45) is 0.619. The number of hydrogen-bond donors (Lipinski definition) is 2. The summed E-state index contributed by atoms with van der Waals surface area (Å²) < 4.78 is 6.85. The normalized spacial score (nSPS) is 13.4. The summed E-state index contributed by atoms with van der Waals surface area (Å²) in [4.78, 5) is 25.5. The van der Waals surface area contributed by atoms with Crippen LogP contribution >= 0.6 is 0 Å². The summed E-state index contributed by atoms with van der Waals surface area (Å²) >= 11 is 0. The number of ether oxygens (including phenoxy) is 1. The Morgan fingerprint density at radius 3 is 2.32 bits per heavy atom. The first-order valence-electron chi connectivity index (χ1n) is 9.82. The second-order valence-corrected chi connectivity index (χ2v) is 7.29. The van der Waals surface area contributed by atoms with Crippen molar-refractivity contribution >= 4 is 12.1 Å². The van der Waals surface area contributed by atoms with E-state index in [4.69, 9.17) is 9.84 Å². The summed E-state index contributed by atoms with van der Waals surface area (Å²) in [5, 5.41) is 26.3. The zero-order valence-electron chi connectivity index (χ0n) is 16.9. The first-order chi connectivity index (χ1) is 15.0. The van der Waals surface area contributed by atoms with Crippen LogP contribution in [0.2, 0.25) is 0 Å². The maximum absolute atomic E-state index is 12.7. The van der Waals surface area contributed by atoms with Crippen LogP contribution in [0.1, 0.15) is 28.8 Å². The Hall–Kier alpha value is -3.72. The number of amides is 1. The Balaban J connectivity index is 1.50. The third-order valence-electron chi connectivity index (χ3n) is 5.41. The standard InChI is InChI=1S/C22H22N4O5/c1-25(20(21(28)29)19-12-26(10-11-27)24-23-19)22(30)31-13-18-16-8-4-2-6-14(16)15-7-3-5-9-17(15)18/h2-9,12,18,20,27H,10-11,13H2,1H3,(H,28,29). The summed E-state index contributed by atoms with van der Waals surface area (Å²) in [5.41, 5.74) is 4.44. The van der Waals surface area contributed by atoms with Crippen molar-refractivity contribution in [1.82, 2.24) is 19.9 Å². The Kier molecular flexibility index (Phi) is 5.68. The largest absolute Gasteiger partial charge is 0.479 e. The zero-order chi connectivity index (χ0) is 22.0. The van der Waals surface area contributed by atoms with Gasteiger partial charge in [0.05, 0.1) is 19.3 Å². The smallest absolute Gasteiger partial charge is 0.410 e. The van der Waals surface area contributed by atoms with Crippen LogP contribution < -0.4 is 0 Å². The molecular weight excluding hydrogens is 400 g/mol. The molecule has 2 aromatic carbocycles. The molecule has 9 heteroatoms. The molecule has 1 atom stereocenters. The molecule has 31 heavy (non-hydrogen) atoms. The van der Waals surface area contributed by atoms with Gasteiger partial charge in [-0.1, -0.05) is 53.7 Å². The van der Waals surface area contributed by atoms with Gasteiger partial charge in [-0.25, -0.2) is 14.3 Å². The number of aliphatic carboxylic acids is 1. The average molecular weight is 422 g/mol. The van der Waals surface area contributed by atoms with E-state index < -0.39 is 18.1 Å². The lowest BCUT2D eigenvalue weighted by molar-refractivity contribution is -0.142. The van der Waals surface area contributed by atoms with Gasteiger partial charge in [0.1, 0.15) is 12.3 Å². The highest BCUT2D eigenvalue weighted by molar-refractivity contribution is 5.81. The Labute approximate surface area is 178 Å². The molecule has 1 aliphatic carbocycles. The molecule has 1 aliphatic rings. The van der Waals surface area contributed by atoms with Gasteiger partial charge in [-0.2, -0.15) is 0 Å². The fourth-order valence-electron chi connectivity index (χ4n) is 3.94. The molecule has 160 valence electrons. The maximum Gasteiger partial charge on any atom is 0.410 e. The predicted molar refractivity (Wildman–Crippen MR) is 110 cm³/mol. The minimum atomic E-state index is -1.36. The van der Waals surface area contributed by atoms with Crippen molar-refractivity contribution in [2.24, 2.45) is 0 Å². The quantitative estimate of drug-likeness (QED) is 0.600. The van der Waals surface area contributed by atoms with Crippen LogP contribution in [0.25, 0.3) is 11.1 Å². The molecular formula is C22H22N4O5. The van der Waals surface area contributed by atoms with Crippen molar-refractivity contribution < 1.29 is 24.5 Å². The number of benzene rings is 2. The van der Waals surface area contributed by atoms with E-state index >= 15 is 0 Å². The highest BCUT2D eigenvalue weighted by Crippen LogP contribution is 2.44. The van der Waals surface area contributed by atoms with Gasteiger partial charge in [0, 0.05) is 13.0 Å². The highest BCUT2D eigenvalue weighted by Gasteiger charge is 2.34. The lowest BCUT2D eigenvalue weighted by Crippen LogP contribution is -2.37. The monoisotopic (exact) mass is 422 g/mol. The van der Waals surface area contributed by atoms with Crippen molar-refractivity contribution in [3.05, 3.63) is 71.5 Å². The number of rotatable bonds is 7. The van der Waals surface area contributed by atoms with Gasteiger partial charge < -0.3 is 14.9 Å². The van der Waals surface area contributed by atoms with E-state index in [9.17, 15) is 14.7 Å². The number of hydrogen-bond acceptors (Lipinski definition) is 6. The van der Waals surface area contributed by atoms with E-state index in [1.807, 2.05) is 48.5 Å². The lowest BCUT2D eigenvalue weighted by Gasteiger charge is -2.23. The number of carboxylic acid groups (broad SMARTS) is 1. The van der Waals surface area contributed by atoms with E-state index in [1.54, 1.807) is 0 Å². The number of carbonyl (C=O) groups excluding carboxylic acids is 1. The molecule has 1 aromatic heterocycles. The zero-order valence-corrected chi connectivity index (χ0v) is 16.9. The van der Waals surface area contributed by atoms with Crippen molar-refractivity contribution in [2.75, 3.05) is 20.3 Å². The van der Waals surface area contributed by atoms with Crippen LogP contribution in [-0.4, -0.2) is 62.4 Å². The molecule has 1 unspecified atom stereocenters. The molecule has 4 rings (SSSR count). The van der Waals surface area contributed by atoms with Gasteiger partial charge in [-0.05, 0) is 22.3 Å². The fourth-order valence-corrected chi connectivity index (χ4v) is 3.94. The van der Waals surface area contributed by atoms with Crippen molar-refractivity contribution in [3.8, 4) is 11.1 Å². The molecule has 0 spiro atoms. The molecule has 2 N–H and O–H groups in total. The number of aliphatic hydroxyl groups is 1. The molecule has 9 nitrogen and oxygen atoms in total. The predicted octanol–water partition coefficient (Wildman–Crippen LogP) is 2.28. The van der Waals surface area contributed by atoms with Crippen molar-refractivity contribution in [2.45, 2.75) is 18.5 Å². The summed E-state index contributed by atoms with van der Waals surface area (Å²) in [6.45, 7) is 0.0947. The van der Waals surface area contributed by atoms with Crippen LogP contribution in [0.5, 0.6) is 0 Å². The second-order valence-electron chi connectivity index (χ2n) is 7.29. The number of carbonyl (C=O) groups is 2. The second kappa shape index (κ2) is 8.57. The average Bonchev–Trinajstić information content (AvgIpc) is 3.35. The van der Waals surface area contributed by atoms with E-state index in [0.29, 0.717) is 0 Å². The van der Waals surface area contributed by atoms with Crippen LogP contribution in [0.4, 0.5) is 4.79 Å². The number of aliphatic hydroxyl groups excluding tert-OH is 1. The van der Waals surface area contributed by atoms with E-state index in [1.165, 1.54) is 17.9 Å². The van der Waals surface area contributed by atoms with Gasteiger partial charge in [0.15, 0.2) is 6.04 Å². The summed E-state index contributed by atoms with van der Waals surface area (Å²) in [5.74, 6) is -1.38. The van der Waals surface area contributed by atoms with Gasteiger partial charge >= 0.3 is 12.1 Å². The maximum atomic E-state index is 12.7. The Morgan fingerprint density at radius 1 is 1.13 bits per heavy atom. The van der Waals surface area contributed by atoms with Crippen LogP contribution in [0.3, 0.4) is 0 Å². The van der Waals surface area contributed by atoms with Crippen molar-refractivity contribution in [3.63, 3.8) is 0 Å². The Bertz CT molecular complexity index is 1070. The van der Waals surface area contributed by atoms with E-state index in [2.05, 4.69) is 10.3 Å². The van der Waals surface area contributed by atoms with Crippen LogP contribution in [-0.2, 0) is 16.1 Å². The molecule has 1 heterocycles. The summed E-state index contributed by atoms with van der Waals surface area (Å²) in [7, 11) is 1.35. The molecule has 1 amide bonds. The summed E-state index contributed by atoms with van der Waals surface area (Å²) in [6, 6.07) is 14.6. The van der Waals surface area contributed by atoms with Crippen LogP contribution in [0.15, 0.2) is 54.7 Å². The number of aromatic nitrogens is 3. The minimum Gasteiger partial charge on any atom is -0.479 e. The number of likely N-dealkylation sites (N-methyl/N-ethyl adjacent to an activating group) is 1. The van der Waals surface area contributed by atoms with Gasteiger partial charge in [-0.15, -0.1) is 5.10 Å². The molecule has 0 aliphatic heterocycles. The van der Waals surface area contributed by atoms with Crippen molar-refractivity contribution in [1.29, 1.82) is 0 Å². The van der Waals surface area contributed by atoms with Crippen LogP contribution in [0, 0.1) is 0 Å².